The predicted molar refractivity (Wildman–Crippen MR) is 74.1 cm³/mol. The van der Waals surface area contributed by atoms with Gasteiger partial charge in [-0.15, -0.1) is 0 Å². The zero-order valence-corrected chi connectivity index (χ0v) is 11.5. The van der Waals surface area contributed by atoms with Gasteiger partial charge in [-0.3, -0.25) is 4.68 Å². The largest absolute Gasteiger partial charge is 0.330 e. The van der Waals surface area contributed by atoms with Gasteiger partial charge in [0.15, 0.2) is 4.77 Å². The van der Waals surface area contributed by atoms with E-state index in [1.165, 1.54) is 6.07 Å². The van der Waals surface area contributed by atoms with E-state index in [4.69, 9.17) is 12.2 Å². The second-order valence-corrected chi connectivity index (χ2v) is 5.00. The lowest BCUT2D eigenvalue weighted by atomic mass is 10.2. The summed E-state index contributed by atoms with van der Waals surface area (Å²) in [6.45, 7) is 2.32. The molecule has 0 atom stereocenters. The number of halogens is 1. The molecule has 6 heteroatoms. The van der Waals surface area contributed by atoms with Crippen LogP contribution in [0.15, 0.2) is 24.4 Å². The van der Waals surface area contributed by atoms with Crippen molar-refractivity contribution in [3.63, 3.8) is 0 Å². The molecule has 0 bridgehead atoms. The van der Waals surface area contributed by atoms with Gasteiger partial charge in [-0.05, 0) is 42.9 Å². The molecular weight excluding hydrogens is 263 g/mol. The Balaban J connectivity index is 2.15. The first-order valence-electron chi connectivity index (χ1n) is 5.92. The number of nitrogens with one attached hydrogen (secondary N) is 1. The minimum Gasteiger partial charge on any atom is -0.330 e. The van der Waals surface area contributed by atoms with E-state index in [2.05, 4.69) is 10.1 Å². The molecule has 4 nitrogen and oxygen atoms in total. The van der Waals surface area contributed by atoms with Crippen molar-refractivity contribution >= 4 is 23.3 Å². The Morgan fingerprint density at radius 2 is 2.21 bits per heavy atom. The molecule has 3 aromatic rings. The van der Waals surface area contributed by atoms with E-state index in [0.29, 0.717) is 22.4 Å². The van der Waals surface area contributed by atoms with Gasteiger partial charge in [0.2, 0.25) is 0 Å². The van der Waals surface area contributed by atoms with E-state index < -0.39 is 0 Å². The van der Waals surface area contributed by atoms with Crippen LogP contribution in [0.25, 0.3) is 11.0 Å². The standard InChI is InChI=1S/C13H13FN4S/c1-8-5-12-11(6-10(8)14)15-13(19)18(12)7-9-3-4-17(2)16-9/h3-6H,7H2,1-2H3,(H,15,19). The van der Waals surface area contributed by atoms with Gasteiger partial charge in [0.05, 0.1) is 23.3 Å². The van der Waals surface area contributed by atoms with Crippen LogP contribution in [0, 0.1) is 17.5 Å². The molecule has 0 radical (unpaired) electrons. The minimum absolute atomic E-state index is 0.228. The quantitative estimate of drug-likeness (QED) is 0.731. The summed E-state index contributed by atoms with van der Waals surface area (Å²) in [5.74, 6) is -0.228. The summed E-state index contributed by atoms with van der Waals surface area (Å²) in [4.78, 5) is 3.03. The molecule has 1 N–H and O–H groups in total. The summed E-state index contributed by atoms with van der Waals surface area (Å²) in [5.41, 5.74) is 3.14. The summed E-state index contributed by atoms with van der Waals surface area (Å²) in [6.07, 6.45) is 1.89. The molecule has 19 heavy (non-hydrogen) atoms. The van der Waals surface area contributed by atoms with Crippen LogP contribution in [-0.2, 0) is 13.6 Å². The Hall–Kier alpha value is -1.95. The number of nitrogens with zero attached hydrogens (tertiary/aromatic N) is 3. The average molecular weight is 276 g/mol. The average Bonchev–Trinajstić information content (AvgIpc) is 2.87. The SMILES string of the molecule is Cc1cc2c(cc1F)[nH]c(=S)n2Cc1ccn(C)n1. The predicted octanol–water partition coefficient (Wildman–Crippen LogP) is 2.93. The molecule has 0 aliphatic rings. The van der Waals surface area contributed by atoms with Gasteiger partial charge in [0, 0.05) is 13.2 Å². The van der Waals surface area contributed by atoms with Crippen molar-refractivity contribution in [2.24, 2.45) is 7.05 Å². The van der Waals surface area contributed by atoms with Crippen molar-refractivity contribution in [3.8, 4) is 0 Å². The number of aryl methyl sites for hydroxylation is 2. The van der Waals surface area contributed by atoms with Crippen LogP contribution in [-0.4, -0.2) is 19.3 Å². The van der Waals surface area contributed by atoms with Crippen LogP contribution >= 0.6 is 12.2 Å². The number of imidazole rings is 1. The molecule has 0 aliphatic heterocycles. The summed E-state index contributed by atoms with van der Waals surface area (Å²) >= 11 is 5.30. The third-order valence-corrected chi connectivity index (χ3v) is 3.47. The molecule has 1 aromatic carbocycles. The van der Waals surface area contributed by atoms with Crippen molar-refractivity contribution < 1.29 is 4.39 Å². The normalized spacial score (nSPS) is 11.3. The number of hydrogen-bond acceptors (Lipinski definition) is 2. The Bertz CT molecular complexity index is 812. The second-order valence-electron chi connectivity index (χ2n) is 4.62. The molecule has 0 amide bonds. The lowest BCUT2D eigenvalue weighted by Gasteiger charge is -2.03. The highest BCUT2D eigenvalue weighted by Gasteiger charge is 2.09. The maximum atomic E-state index is 13.5. The van der Waals surface area contributed by atoms with Crippen LogP contribution in [0.4, 0.5) is 4.39 Å². The Morgan fingerprint density at radius 1 is 1.42 bits per heavy atom. The Morgan fingerprint density at radius 3 is 2.89 bits per heavy atom. The van der Waals surface area contributed by atoms with Crippen LogP contribution in [0.2, 0.25) is 0 Å². The van der Waals surface area contributed by atoms with Gasteiger partial charge in [0.25, 0.3) is 0 Å². The fourth-order valence-corrected chi connectivity index (χ4v) is 2.42. The van der Waals surface area contributed by atoms with E-state index in [1.807, 2.05) is 23.9 Å². The molecule has 3 rings (SSSR count). The fourth-order valence-electron chi connectivity index (χ4n) is 2.15. The van der Waals surface area contributed by atoms with E-state index in [9.17, 15) is 4.39 Å². The van der Waals surface area contributed by atoms with Crippen molar-refractivity contribution in [2.45, 2.75) is 13.5 Å². The van der Waals surface area contributed by atoms with Crippen LogP contribution in [0.1, 0.15) is 11.3 Å². The maximum Gasteiger partial charge on any atom is 0.178 e. The molecular formula is C13H13FN4S. The van der Waals surface area contributed by atoms with E-state index >= 15 is 0 Å². The smallest absolute Gasteiger partial charge is 0.178 e. The first kappa shape index (κ1) is 12.1. The summed E-state index contributed by atoms with van der Waals surface area (Å²) in [7, 11) is 1.87. The molecule has 98 valence electrons. The summed E-state index contributed by atoms with van der Waals surface area (Å²) in [5, 5.41) is 4.34. The lowest BCUT2D eigenvalue weighted by molar-refractivity contribution is 0.620. The number of H-pyrrole nitrogens is 1. The lowest BCUT2D eigenvalue weighted by Crippen LogP contribution is -2.01. The molecule has 2 aromatic heterocycles. The number of fused-ring (bicyclic) bond motifs is 1. The highest BCUT2D eigenvalue weighted by atomic mass is 32.1. The molecule has 0 fully saturated rings. The Labute approximate surface area is 114 Å². The van der Waals surface area contributed by atoms with Crippen LogP contribution in [0.5, 0.6) is 0 Å². The number of hydrogen-bond donors (Lipinski definition) is 1. The van der Waals surface area contributed by atoms with Crippen molar-refractivity contribution in [2.75, 3.05) is 0 Å². The highest BCUT2D eigenvalue weighted by Crippen LogP contribution is 2.19. The van der Waals surface area contributed by atoms with Crippen molar-refractivity contribution in [1.82, 2.24) is 19.3 Å². The molecule has 2 heterocycles. The van der Waals surface area contributed by atoms with Crippen molar-refractivity contribution in [1.29, 1.82) is 0 Å². The monoisotopic (exact) mass is 276 g/mol. The van der Waals surface area contributed by atoms with Gasteiger partial charge in [0.1, 0.15) is 5.82 Å². The second kappa shape index (κ2) is 4.31. The number of benzene rings is 1. The van der Waals surface area contributed by atoms with Gasteiger partial charge < -0.3 is 9.55 Å². The highest BCUT2D eigenvalue weighted by molar-refractivity contribution is 7.71. The van der Waals surface area contributed by atoms with Gasteiger partial charge >= 0.3 is 0 Å². The zero-order chi connectivity index (χ0) is 13.6. The molecule has 0 aliphatic carbocycles. The van der Waals surface area contributed by atoms with Crippen LogP contribution < -0.4 is 0 Å². The number of aromatic nitrogens is 4. The number of rotatable bonds is 2. The number of aromatic amines is 1. The fraction of sp³-hybridized carbons (Fsp3) is 0.231. The first-order valence-corrected chi connectivity index (χ1v) is 6.32. The third-order valence-electron chi connectivity index (χ3n) is 3.14. The molecule has 0 unspecified atom stereocenters. The van der Waals surface area contributed by atoms with Gasteiger partial charge in [-0.1, -0.05) is 0 Å². The van der Waals surface area contributed by atoms with Gasteiger partial charge in [-0.25, -0.2) is 4.39 Å². The summed E-state index contributed by atoms with van der Waals surface area (Å²) in [6, 6.07) is 5.23. The van der Waals surface area contributed by atoms with E-state index in [0.717, 1.165) is 11.2 Å². The topological polar surface area (TPSA) is 38.5 Å². The van der Waals surface area contributed by atoms with E-state index in [1.54, 1.807) is 17.7 Å². The van der Waals surface area contributed by atoms with Crippen LogP contribution in [0.3, 0.4) is 0 Å². The molecule has 0 saturated heterocycles. The maximum absolute atomic E-state index is 13.5. The van der Waals surface area contributed by atoms with E-state index in [-0.39, 0.29) is 5.82 Å². The minimum atomic E-state index is -0.228. The Kier molecular flexibility index (Phi) is 2.74. The van der Waals surface area contributed by atoms with Gasteiger partial charge in [-0.2, -0.15) is 5.10 Å². The summed E-state index contributed by atoms with van der Waals surface area (Å²) < 4.78 is 17.8. The van der Waals surface area contributed by atoms with Crippen molar-refractivity contribution in [3.05, 3.63) is 46.2 Å². The first-order chi connectivity index (χ1) is 9.04. The zero-order valence-electron chi connectivity index (χ0n) is 10.6. The molecule has 0 spiro atoms. The molecule has 0 saturated carbocycles. The third kappa shape index (κ3) is 2.08.